The van der Waals surface area contributed by atoms with Gasteiger partial charge in [0.05, 0.1) is 33.2 Å². The molecule has 2 rings (SSSR count). The van der Waals surface area contributed by atoms with Crippen molar-refractivity contribution in [3.8, 4) is 5.75 Å². The maximum atomic E-state index is 12.1. The minimum Gasteiger partial charge on any atom is -0.435 e. The molecule has 0 saturated carbocycles. The van der Waals surface area contributed by atoms with Crippen LogP contribution in [0.2, 0.25) is 0 Å². The summed E-state index contributed by atoms with van der Waals surface area (Å²) in [6.07, 6.45) is 0. The molecular formula is C14H20F2N3O+. The average Bonchev–Trinajstić information content (AvgIpc) is 2.41. The predicted octanol–water partition coefficient (Wildman–Crippen LogP) is 0.594. The van der Waals surface area contributed by atoms with E-state index in [-0.39, 0.29) is 5.75 Å². The molecule has 4 nitrogen and oxygen atoms in total. The zero-order valence-corrected chi connectivity index (χ0v) is 11.5. The first kappa shape index (κ1) is 14.7. The summed E-state index contributed by atoms with van der Waals surface area (Å²) >= 11 is 0. The number of hydrazine groups is 1. The number of hydrogen-bond acceptors (Lipinski definition) is 3. The summed E-state index contributed by atoms with van der Waals surface area (Å²) in [5.41, 5.74) is 4.87. The highest BCUT2D eigenvalue weighted by Crippen LogP contribution is 2.18. The van der Waals surface area contributed by atoms with E-state index >= 15 is 0 Å². The van der Waals surface area contributed by atoms with Crippen LogP contribution in [0.3, 0.4) is 0 Å². The molecule has 1 saturated heterocycles. The third-order valence-electron chi connectivity index (χ3n) is 3.34. The summed E-state index contributed by atoms with van der Waals surface area (Å²) in [5, 5.41) is 2.12. The van der Waals surface area contributed by atoms with E-state index in [9.17, 15) is 8.78 Å². The lowest BCUT2D eigenvalue weighted by Crippen LogP contribution is -3.12. The van der Waals surface area contributed by atoms with Gasteiger partial charge in [0.2, 0.25) is 0 Å². The first-order valence-electron chi connectivity index (χ1n) is 6.61. The van der Waals surface area contributed by atoms with Crippen LogP contribution in [0.15, 0.2) is 30.8 Å². The maximum absolute atomic E-state index is 12.1. The van der Waals surface area contributed by atoms with Crippen LogP contribution in [0.4, 0.5) is 8.78 Å². The van der Waals surface area contributed by atoms with Crippen LogP contribution in [-0.2, 0) is 0 Å². The van der Waals surface area contributed by atoms with Crippen molar-refractivity contribution in [2.24, 2.45) is 0 Å². The van der Waals surface area contributed by atoms with Gasteiger partial charge in [-0.05, 0) is 29.8 Å². The number of hydrogen-bond donors (Lipinski definition) is 2. The Balaban J connectivity index is 1.89. The molecule has 1 heterocycles. The Labute approximate surface area is 117 Å². The minimum absolute atomic E-state index is 0.153. The number of nitrogens with zero attached hydrogens (tertiary/aromatic N) is 1. The molecule has 1 fully saturated rings. The van der Waals surface area contributed by atoms with E-state index in [1.807, 2.05) is 0 Å². The van der Waals surface area contributed by atoms with Crippen LogP contribution in [0.5, 0.6) is 5.75 Å². The molecule has 0 spiro atoms. The van der Waals surface area contributed by atoms with Gasteiger partial charge in [0, 0.05) is 5.70 Å². The van der Waals surface area contributed by atoms with E-state index in [1.165, 1.54) is 17.0 Å². The molecule has 20 heavy (non-hydrogen) atoms. The highest BCUT2D eigenvalue weighted by Gasteiger charge is 2.16. The minimum atomic E-state index is -2.80. The summed E-state index contributed by atoms with van der Waals surface area (Å²) in [5.74, 6) is 0.153. The van der Waals surface area contributed by atoms with Crippen molar-refractivity contribution in [2.45, 2.75) is 6.61 Å². The lowest BCUT2D eigenvalue weighted by Gasteiger charge is -2.31. The zero-order chi connectivity index (χ0) is 14.5. The van der Waals surface area contributed by atoms with Gasteiger partial charge in [-0.1, -0.05) is 6.58 Å². The van der Waals surface area contributed by atoms with Crippen LogP contribution < -0.4 is 15.1 Å². The molecule has 110 valence electrons. The molecule has 1 aromatic carbocycles. The third kappa shape index (κ3) is 4.18. The molecule has 1 aliphatic heterocycles. The Hall–Kier alpha value is -1.66. The summed E-state index contributed by atoms with van der Waals surface area (Å²) in [6, 6.07) is 6.47. The van der Waals surface area contributed by atoms with E-state index in [2.05, 4.69) is 28.8 Å². The third-order valence-corrected chi connectivity index (χ3v) is 3.34. The Morgan fingerprint density at radius 3 is 2.45 bits per heavy atom. The Bertz CT molecular complexity index is 442. The van der Waals surface area contributed by atoms with Crippen LogP contribution >= 0.6 is 0 Å². The molecule has 0 amide bonds. The number of alkyl halides is 2. The molecule has 1 aliphatic rings. The first-order chi connectivity index (χ1) is 9.54. The van der Waals surface area contributed by atoms with Gasteiger partial charge >= 0.3 is 6.61 Å². The van der Waals surface area contributed by atoms with Crippen molar-refractivity contribution in [3.63, 3.8) is 0 Å². The summed E-state index contributed by atoms with van der Waals surface area (Å²) in [6.45, 7) is 5.26. The summed E-state index contributed by atoms with van der Waals surface area (Å²) in [7, 11) is 2.17. The first-order valence-corrected chi connectivity index (χ1v) is 6.61. The number of likely N-dealkylation sites (N-methyl/N-ethyl adjacent to an activating group) is 1. The highest BCUT2D eigenvalue weighted by molar-refractivity contribution is 5.61. The second kappa shape index (κ2) is 6.67. The Kier molecular flexibility index (Phi) is 4.92. The van der Waals surface area contributed by atoms with Gasteiger partial charge in [-0.3, -0.25) is 0 Å². The van der Waals surface area contributed by atoms with Gasteiger partial charge in [0.15, 0.2) is 0 Å². The quantitative estimate of drug-likeness (QED) is 0.829. The molecule has 0 bridgehead atoms. The maximum Gasteiger partial charge on any atom is 0.387 e. The van der Waals surface area contributed by atoms with E-state index in [0.29, 0.717) is 0 Å². The molecule has 0 aromatic heterocycles. The van der Waals surface area contributed by atoms with Gasteiger partial charge in [-0.15, -0.1) is 0 Å². The standard InChI is InChI=1S/C14H19F2N3O/c1-11(17-19-9-7-18(2)8-10-19)12-3-5-13(6-4-12)20-14(15)16/h3-6,14,17H,1,7-10H2,2H3/p+1. The van der Waals surface area contributed by atoms with E-state index in [1.54, 1.807) is 12.1 Å². The van der Waals surface area contributed by atoms with Gasteiger partial charge in [0.25, 0.3) is 0 Å². The van der Waals surface area contributed by atoms with Gasteiger partial charge in [0.1, 0.15) is 5.75 Å². The summed E-state index contributed by atoms with van der Waals surface area (Å²) in [4.78, 5) is 1.52. The van der Waals surface area contributed by atoms with E-state index < -0.39 is 6.61 Å². The average molecular weight is 284 g/mol. The molecule has 1 aromatic rings. The molecular weight excluding hydrogens is 264 g/mol. The fourth-order valence-electron chi connectivity index (χ4n) is 2.09. The van der Waals surface area contributed by atoms with Gasteiger partial charge < -0.3 is 15.1 Å². The number of halogens is 2. The van der Waals surface area contributed by atoms with Crippen LogP contribution in [0.25, 0.3) is 5.70 Å². The topological polar surface area (TPSA) is 28.9 Å². The largest absolute Gasteiger partial charge is 0.435 e. The van der Waals surface area contributed by atoms with Crippen LogP contribution in [0, 0.1) is 0 Å². The number of nitrogens with one attached hydrogen (secondary N) is 2. The van der Waals surface area contributed by atoms with Crippen molar-refractivity contribution in [1.82, 2.24) is 10.4 Å². The lowest BCUT2D eigenvalue weighted by atomic mass is 10.2. The number of quaternary nitrogens is 1. The molecule has 0 radical (unpaired) electrons. The van der Waals surface area contributed by atoms with Crippen LogP contribution in [-0.4, -0.2) is 44.8 Å². The van der Waals surface area contributed by atoms with Crippen molar-refractivity contribution in [1.29, 1.82) is 0 Å². The van der Waals surface area contributed by atoms with Crippen molar-refractivity contribution in [3.05, 3.63) is 36.4 Å². The number of piperazine rings is 1. The fraction of sp³-hybridized carbons (Fsp3) is 0.429. The van der Waals surface area contributed by atoms with Crippen LogP contribution in [0.1, 0.15) is 5.56 Å². The van der Waals surface area contributed by atoms with Gasteiger partial charge in [-0.2, -0.15) is 8.78 Å². The molecule has 0 aliphatic carbocycles. The molecule has 0 atom stereocenters. The van der Waals surface area contributed by atoms with Crippen molar-refractivity contribution in [2.75, 3.05) is 33.2 Å². The Morgan fingerprint density at radius 1 is 1.30 bits per heavy atom. The smallest absolute Gasteiger partial charge is 0.387 e. The highest BCUT2D eigenvalue weighted by atomic mass is 19.3. The van der Waals surface area contributed by atoms with Crippen molar-refractivity contribution >= 4 is 5.70 Å². The molecule has 0 unspecified atom stereocenters. The van der Waals surface area contributed by atoms with Gasteiger partial charge in [-0.25, -0.2) is 5.01 Å². The second-order valence-electron chi connectivity index (χ2n) is 4.94. The SMILES string of the molecule is C=C(NN1CC[NH+](C)CC1)c1ccc(OC(F)F)cc1. The summed E-state index contributed by atoms with van der Waals surface area (Å²) < 4.78 is 28.4. The number of ether oxygens (including phenoxy) is 1. The predicted molar refractivity (Wildman–Crippen MR) is 73.4 cm³/mol. The lowest BCUT2D eigenvalue weighted by molar-refractivity contribution is -0.884. The van der Waals surface area contributed by atoms with E-state index in [4.69, 9.17) is 0 Å². The fourth-order valence-corrected chi connectivity index (χ4v) is 2.09. The number of benzene rings is 1. The normalized spacial score (nSPS) is 17.2. The Morgan fingerprint density at radius 2 is 1.90 bits per heavy atom. The monoisotopic (exact) mass is 284 g/mol. The zero-order valence-electron chi connectivity index (χ0n) is 11.5. The van der Waals surface area contributed by atoms with E-state index in [0.717, 1.165) is 37.4 Å². The number of rotatable bonds is 5. The molecule has 6 heteroatoms. The molecule has 2 N–H and O–H groups in total. The second-order valence-corrected chi connectivity index (χ2v) is 4.94. The van der Waals surface area contributed by atoms with Crippen molar-refractivity contribution < 1.29 is 18.4 Å².